The van der Waals surface area contributed by atoms with Gasteiger partial charge >= 0.3 is 5.97 Å². The van der Waals surface area contributed by atoms with Gasteiger partial charge in [-0.25, -0.2) is 4.98 Å². The molecule has 0 spiro atoms. The van der Waals surface area contributed by atoms with Gasteiger partial charge in [-0.3, -0.25) is 4.79 Å². The Hall–Kier alpha value is -1.10. The molecule has 2 N–H and O–H groups in total. The van der Waals surface area contributed by atoms with Crippen LogP contribution in [0.25, 0.3) is 0 Å². The van der Waals surface area contributed by atoms with Crippen molar-refractivity contribution in [3.8, 4) is 0 Å². The molecule has 1 heterocycles. The minimum atomic E-state index is -0.841. The quantitative estimate of drug-likeness (QED) is 0.805. The summed E-state index contributed by atoms with van der Waals surface area (Å²) in [5, 5.41) is 14.5. The zero-order valence-corrected chi connectivity index (χ0v) is 10.7. The molecule has 0 aromatic carbocycles. The minimum Gasteiger partial charge on any atom is -0.481 e. The monoisotopic (exact) mass is 242 g/mol. The second-order valence-electron chi connectivity index (χ2n) is 4.03. The van der Waals surface area contributed by atoms with Gasteiger partial charge in [0.05, 0.1) is 12.1 Å². The number of hydrogen-bond donors (Lipinski definition) is 2. The number of carboxylic acid groups (broad SMARTS) is 1. The third kappa shape index (κ3) is 3.81. The van der Waals surface area contributed by atoms with Gasteiger partial charge in [0.1, 0.15) is 0 Å². The van der Waals surface area contributed by atoms with Crippen LogP contribution in [0.4, 0.5) is 5.13 Å². The molecule has 0 bridgehead atoms. The van der Waals surface area contributed by atoms with E-state index in [9.17, 15) is 4.79 Å². The SMILES string of the molecule is CC[C@H](C)[C@@H](C)Nc1nc(CC(=O)O)cs1. The molecule has 1 aromatic rings. The Morgan fingerprint density at radius 1 is 1.62 bits per heavy atom. The van der Waals surface area contributed by atoms with Crippen molar-refractivity contribution in [2.45, 2.75) is 39.7 Å². The number of aliphatic carboxylic acids is 1. The van der Waals surface area contributed by atoms with Gasteiger partial charge in [-0.1, -0.05) is 20.3 Å². The molecule has 1 rings (SSSR count). The number of rotatable bonds is 6. The second-order valence-corrected chi connectivity index (χ2v) is 4.89. The van der Waals surface area contributed by atoms with E-state index in [0.29, 0.717) is 17.7 Å². The van der Waals surface area contributed by atoms with Crippen LogP contribution in [0.2, 0.25) is 0 Å². The van der Waals surface area contributed by atoms with Crippen molar-refractivity contribution in [3.05, 3.63) is 11.1 Å². The van der Waals surface area contributed by atoms with Crippen LogP contribution in [0.3, 0.4) is 0 Å². The summed E-state index contributed by atoms with van der Waals surface area (Å²) in [6.45, 7) is 6.45. The average molecular weight is 242 g/mol. The van der Waals surface area contributed by atoms with Crippen molar-refractivity contribution < 1.29 is 9.90 Å². The molecule has 0 aliphatic rings. The molecule has 0 aliphatic carbocycles. The zero-order chi connectivity index (χ0) is 12.1. The average Bonchev–Trinajstić information content (AvgIpc) is 2.63. The first-order valence-corrected chi connectivity index (χ1v) is 6.33. The molecule has 90 valence electrons. The highest BCUT2D eigenvalue weighted by molar-refractivity contribution is 7.13. The van der Waals surface area contributed by atoms with E-state index in [2.05, 4.69) is 31.1 Å². The fourth-order valence-corrected chi connectivity index (χ4v) is 2.11. The van der Waals surface area contributed by atoms with E-state index in [-0.39, 0.29) is 6.42 Å². The normalized spacial score (nSPS) is 14.4. The number of aromatic nitrogens is 1. The summed E-state index contributed by atoms with van der Waals surface area (Å²) in [4.78, 5) is 14.7. The van der Waals surface area contributed by atoms with Crippen LogP contribution in [-0.2, 0) is 11.2 Å². The lowest BCUT2D eigenvalue weighted by Crippen LogP contribution is -2.23. The van der Waals surface area contributed by atoms with E-state index < -0.39 is 5.97 Å². The van der Waals surface area contributed by atoms with E-state index in [1.807, 2.05) is 0 Å². The number of carboxylic acids is 1. The Kier molecular flexibility index (Phi) is 4.73. The first kappa shape index (κ1) is 13.0. The minimum absolute atomic E-state index is 0.00408. The van der Waals surface area contributed by atoms with Crippen molar-refractivity contribution >= 4 is 22.4 Å². The van der Waals surface area contributed by atoms with Crippen LogP contribution in [0.1, 0.15) is 32.9 Å². The van der Waals surface area contributed by atoms with Gasteiger partial charge in [-0.05, 0) is 12.8 Å². The summed E-state index contributed by atoms with van der Waals surface area (Å²) >= 11 is 1.46. The van der Waals surface area contributed by atoms with E-state index in [0.717, 1.165) is 11.6 Å². The summed E-state index contributed by atoms with van der Waals surface area (Å²) in [7, 11) is 0. The number of carbonyl (C=O) groups is 1. The Morgan fingerprint density at radius 2 is 2.31 bits per heavy atom. The van der Waals surface area contributed by atoms with Crippen molar-refractivity contribution in [3.63, 3.8) is 0 Å². The van der Waals surface area contributed by atoms with Crippen LogP contribution in [0, 0.1) is 5.92 Å². The molecule has 16 heavy (non-hydrogen) atoms. The third-order valence-corrected chi connectivity index (χ3v) is 3.56. The van der Waals surface area contributed by atoms with Crippen molar-refractivity contribution in [2.75, 3.05) is 5.32 Å². The highest BCUT2D eigenvalue weighted by atomic mass is 32.1. The van der Waals surface area contributed by atoms with Crippen LogP contribution < -0.4 is 5.32 Å². The molecule has 0 aliphatic heterocycles. The molecular formula is C11H18N2O2S. The van der Waals surface area contributed by atoms with Gasteiger partial charge in [-0.2, -0.15) is 0 Å². The van der Waals surface area contributed by atoms with Crippen molar-refractivity contribution in [2.24, 2.45) is 5.92 Å². The van der Waals surface area contributed by atoms with Crippen molar-refractivity contribution in [1.29, 1.82) is 0 Å². The van der Waals surface area contributed by atoms with Crippen LogP contribution >= 0.6 is 11.3 Å². The highest BCUT2D eigenvalue weighted by Crippen LogP contribution is 2.19. The van der Waals surface area contributed by atoms with Gasteiger partial charge in [-0.15, -0.1) is 11.3 Å². The summed E-state index contributed by atoms with van der Waals surface area (Å²) < 4.78 is 0. The standard InChI is InChI=1S/C11H18N2O2S/c1-4-7(2)8(3)12-11-13-9(6-16-11)5-10(14)15/h6-8H,4-5H2,1-3H3,(H,12,13)(H,14,15)/t7-,8+/m0/s1. The van der Waals surface area contributed by atoms with E-state index in [1.165, 1.54) is 11.3 Å². The Bertz CT molecular complexity index is 352. The lowest BCUT2D eigenvalue weighted by Gasteiger charge is -2.18. The number of anilines is 1. The largest absolute Gasteiger partial charge is 0.481 e. The molecule has 4 nitrogen and oxygen atoms in total. The van der Waals surface area contributed by atoms with Crippen LogP contribution in [-0.4, -0.2) is 22.1 Å². The van der Waals surface area contributed by atoms with Gasteiger partial charge in [0.2, 0.25) is 0 Å². The molecule has 1 aromatic heterocycles. The fraction of sp³-hybridized carbons (Fsp3) is 0.636. The lowest BCUT2D eigenvalue weighted by molar-refractivity contribution is -0.136. The maximum absolute atomic E-state index is 10.5. The molecule has 0 saturated carbocycles. The summed E-state index contributed by atoms with van der Waals surface area (Å²) in [5.41, 5.74) is 0.622. The highest BCUT2D eigenvalue weighted by Gasteiger charge is 2.12. The first-order chi connectivity index (χ1) is 7.52. The Labute approximate surface area is 99.7 Å². The number of nitrogens with zero attached hydrogens (tertiary/aromatic N) is 1. The summed E-state index contributed by atoms with van der Waals surface area (Å²) in [6.07, 6.45) is 1.11. The number of nitrogens with one attached hydrogen (secondary N) is 1. The smallest absolute Gasteiger partial charge is 0.309 e. The molecular weight excluding hydrogens is 224 g/mol. The Balaban J connectivity index is 2.54. The van der Waals surface area contributed by atoms with E-state index >= 15 is 0 Å². The zero-order valence-electron chi connectivity index (χ0n) is 9.86. The second kappa shape index (κ2) is 5.84. The summed E-state index contributed by atoms with van der Waals surface area (Å²) in [6, 6.07) is 0.355. The van der Waals surface area contributed by atoms with Gasteiger partial charge in [0.25, 0.3) is 0 Å². The lowest BCUT2D eigenvalue weighted by atomic mass is 10.0. The van der Waals surface area contributed by atoms with Crippen molar-refractivity contribution in [1.82, 2.24) is 4.98 Å². The number of thiazole rings is 1. The predicted octanol–water partition coefficient (Wildman–Crippen LogP) is 2.62. The fourth-order valence-electron chi connectivity index (χ4n) is 1.30. The van der Waals surface area contributed by atoms with Crippen LogP contribution in [0.5, 0.6) is 0 Å². The van der Waals surface area contributed by atoms with Gasteiger partial charge in [0, 0.05) is 11.4 Å². The van der Waals surface area contributed by atoms with Gasteiger partial charge in [0.15, 0.2) is 5.13 Å². The predicted molar refractivity (Wildman–Crippen MR) is 66.0 cm³/mol. The summed E-state index contributed by atoms with van der Waals surface area (Å²) in [5.74, 6) is -0.265. The molecule has 0 unspecified atom stereocenters. The van der Waals surface area contributed by atoms with E-state index in [4.69, 9.17) is 5.11 Å². The first-order valence-electron chi connectivity index (χ1n) is 5.45. The molecule has 0 saturated heterocycles. The molecule has 0 amide bonds. The van der Waals surface area contributed by atoms with Gasteiger partial charge < -0.3 is 10.4 Å². The number of hydrogen-bond acceptors (Lipinski definition) is 4. The van der Waals surface area contributed by atoms with Crippen LogP contribution in [0.15, 0.2) is 5.38 Å². The third-order valence-electron chi connectivity index (χ3n) is 2.73. The molecule has 0 fully saturated rings. The molecule has 0 radical (unpaired) electrons. The Morgan fingerprint density at radius 3 is 2.88 bits per heavy atom. The molecule has 2 atom stereocenters. The maximum Gasteiger partial charge on any atom is 0.309 e. The topological polar surface area (TPSA) is 62.2 Å². The van der Waals surface area contributed by atoms with E-state index in [1.54, 1.807) is 5.38 Å². The maximum atomic E-state index is 10.5. The molecule has 5 heteroatoms.